The van der Waals surface area contributed by atoms with Gasteiger partial charge in [0.15, 0.2) is 11.6 Å². The Morgan fingerprint density at radius 2 is 2.11 bits per heavy atom. The fourth-order valence-corrected chi connectivity index (χ4v) is 1.57. The zero-order chi connectivity index (χ0) is 13.4. The molecule has 18 heavy (non-hydrogen) atoms. The molecule has 0 aliphatic heterocycles. The number of halogens is 1. The van der Waals surface area contributed by atoms with Crippen molar-refractivity contribution in [1.29, 1.82) is 0 Å². The van der Waals surface area contributed by atoms with Gasteiger partial charge in [0.05, 0.1) is 13.7 Å². The number of methoxy groups -OCH3 is 1. The van der Waals surface area contributed by atoms with Crippen molar-refractivity contribution in [2.75, 3.05) is 20.3 Å². The maximum atomic E-state index is 13.4. The van der Waals surface area contributed by atoms with E-state index in [2.05, 4.69) is 0 Å². The molecule has 0 radical (unpaired) electrons. The molecule has 0 saturated carbocycles. The van der Waals surface area contributed by atoms with Crippen LogP contribution < -0.4 is 4.74 Å². The van der Waals surface area contributed by atoms with Crippen LogP contribution in [0.1, 0.15) is 25.3 Å². The summed E-state index contributed by atoms with van der Waals surface area (Å²) < 4.78 is 23.4. The normalized spacial score (nSPS) is 10.4. The van der Waals surface area contributed by atoms with Crippen molar-refractivity contribution in [3.63, 3.8) is 0 Å². The number of benzene rings is 1. The molecule has 0 N–H and O–H groups in total. The lowest BCUT2D eigenvalue weighted by molar-refractivity contribution is -0.119. The summed E-state index contributed by atoms with van der Waals surface area (Å²) in [6.07, 6.45) is 1.54. The van der Waals surface area contributed by atoms with Crippen molar-refractivity contribution in [2.45, 2.75) is 26.2 Å². The first-order valence-corrected chi connectivity index (χ1v) is 6.09. The van der Waals surface area contributed by atoms with E-state index in [9.17, 15) is 9.18 Å². The number of carbonyl (C=O) groups excluding carboxylic acids is 1. The van der Waals surface area contributed by atoms with Gasteiger partial charge in [-0.25, -0.2) is 4.39 Å². The largest absolute Gasteiger partial charge is 0.494 e. The predicted molar refractivity (Wildman–Crippen MR) is 67.4 cm³/mol. The minimum absolute atomic E-state index is 0.0515. The van der Waals surface area contributed by atoms with Crippen LogP contribution in [0.15, 0.2) is 18.2 Å². The minimum atomic E-state index is -0.440. The Bertz CT molecular complexity index is 391. The predicted octanol–water partition coefficient (Wildman–Crippen LogP) is 2.76. The topological polar surface area (TPSA) is 35.5 Å². The Hall–Kier alpha value is -1.42. The monoisotopic (exact) mass is 254 g/mol. The van der Waals surface area contributed by atoms with Gasteiger partial charge in [0, 0.05) is 19.4 Å². The SMILES string of the molecule is CCCOCCC(=O)Cc1ccc(OC)c(F)c1. The van der Waals surface area contributed by atoms with Gasteiger partial charge in [0.1, 0.15) is 5.78 Å². The Morgan fingerprint density at radius 3 is 2.72 bits per heavy atom. The molecule has 100 valence electrons. The van der Waals surface area contributed by atoms with Crippen LogP contribution in [0, 0.1) is 5.82 Å². The van der Waals surface area contributed by atoms with Crippen molar-refractivity contribution in [3.05, 3.63) is 29.6 Å². The fraction of sp³-hybridized carbons (Fsp3) is 0.500. The van der Waals surface area contributed by atoms with E-state index in [0.717, 1.165) is 6.42 Å². The second-order valence-corrected chi connectivity index (χ2v) is 4.05. The standard InChI is InChI=1S/C14H19FO3/c1-3-7-18-8-6-12(16)9-11-4-5-14(17-2)13(15)10-11/h4-5,10H,3,6-9H2,1-2H3. The first-order chi connectivity index (χ1) is 8.67. The van der Waals surface area contributed by atoms with Crippen molar-refractivity contribution in [2.24, 2.45) is 0 Å². The summed E-state index contributed by atoms with van der Waals surface area (Å²) in [7, 11) is 1.41. The molecule has 0 spiro atoms. The molecule has 0 saturated heterocycles. The second kappa shape index (κ2) is 7.82. The molecule has 0 atom stereocenters. The molecule has 1 rings (SSSR count). The van der Waals surface area contributed by atoms with Crippen molar-refractivity contribution >= 4 is 5.78 Å². The zero-order valence-corrected chi connectivity index (χ0v) is 10.9. The van der Waals surface area contributed by atoms with E-state index in [4.69, 9.17) is 9.47 Å². The van der Waals surface area contributed by atoms with Gasteiger partial charge in [-0.1, -0.05) is 13.0 Å². The molecule has 4 heteroatoms. The lowest BCUT2D eigenvalue weighted by Crippen LogP contribution is -2.08. The van der Waals surface area contributed by atoms with E-state index in [1.165, 1.54) is 19.2 Å². The number of hydrogen-bond acceptors (Lipinski definition) is 3. The molecule has 0 amide bonds. The third-order valence-electron chi connectivity index (χ3n) is 2.49. The summed E-state index contributed by atoms with van der Waals surface area (Å²) >= 11 is 0. The van der Waals surface area contributed by atoms with Gasteiger partial charge in [-0.2, -0.15) is 0 Å². The van der Waals surface area contributed by atoms with E-state index in [0.29, 0.717) is 25.2 Å². The van der Waals surface area contributed by atoms with E-state index < -0.39 is 5.82 Å². The number of rotatable bonds is 8. The number of hydrogen-bond donors (Lipinski definition) is 0. The molecule has 1 aromatic carbocycles. The summed E-state index contributed by atoms with van der Waals surface area (Å²) in [6.45, 7) is 3.12. The lowest BCUT2D eigenvalue weighted by Gasteiger charge is -2.05. The molecule has 0 aliphatic rings. The van der Waals surface area contributed by atoms with Crippen molar-refractivity contribution in [1.82, 2.24) is 0 Å². The van der Waals surface area contributed by atoms with Crippen LogP contribution in [-0.2, 0) is 16.0 Å². The van der Waals surface area contributed by atoms with Gasteiger partial charge in [0.25, 0.3) is 0 Å². The summed E-state index contributed by atoms with van der Waals surface area (Å²) in [6, 6.07) is 4.57. The molecule has 0 aliphatic carbocycles. The van der Waals surface area contributed by atoms with Gasteiger partial charge in [-0.15, -0.1) is 0 Å². The Kier molecular flexibility index (Phi) is 6.36. The number of ketones is 1. The van der Waals surface area contributed by atoms with Gasteiger partial charge >= 0.3 is 0 Å². The third-order valence-corrected chi connectivity index (χ3v) is 2.49. The van der Waals surface area contributed by atoms with Gasteiger partial charge in [-0.05, 0) is 24.1 Å². The summed E-state index contributed by atoms with van der Waals surface area (Å²) in [4.78, 5) is 11.6. The highest BCUT2D eigenvalue weighted by Crippen LogP contribution is 2.18. The fourth-order valence-electron chi connectivity index (χ4n) is 1.57. The van der Waals surface area contributed by atoms with Crippen LogP contribution in [0.4, 0.5) is 4.39 Å². The zero-order valence-electron chi connectivity index (χ0n) is 10.9. The van der Waals surface area contributed by atoms with Crippen LogP contribution in [0.25, 0.3) is 0 Å². The smallest absolute Gasteiger partial charge is 0.165 e. The Morgan fingerprint density at radius 1 is 1.33 bits per heavy atom. The van der Waals surface area contributed by atoms with Crippen LogP contribution >= 0.6 is 0 Å². The van der Waals surface area contributed by atoms with Crippen molar-refractivity contribution in [3.8, 4) is 5.75 Å². The van der Waals surface area contributed by atoms with Crippen LogP contribution in [0.5, 0.6) is 5.75 Å². The highest BCUT2D eigenvalue weighted by atomic mass is 19.1. The Labute approximate surface area is 107 Å². The molecule has 0 bridgehead atoms. The minimum Gasteiger partial charge on any atom is -0.494 e. The Balaban J connectivity index is 2.42. The summed E-state index contributed by atoms with van der Waals surface area (Å²) in [5.41, 5.74) is 0.661. The van der Waals surface area contributed by atoms with Crippen LogP contribution in [-0.4, -0.2) is 26.1 Å². The first-order valence-electron chi connectivity index (χ1n) is 6.09. The third kappa shape index (κ3) is 4.84. The second-order valence-electron chi connectivity index (χ2n) is 4.05. The van der Waals surface area contributed by atoms with Gasteiger partial charge < -0.3 is 9.47 Å². The van der Waals surface area contributed by atoms with E-state index in [1.54, 1.807) is 6.07 Å². The first kappa shape index (κ1) is 14.6. The molecule has 0 fully saturated rings. The maximum absolute atomic E-state index is 13.4. The van der Waals surface area contributed by atoms with Crippen LogP contribution in [0.3, 0.4) is 0 Å². The number of Topliss-reactive ketones (excluding diaryl/α,β-unsaturated/α-hetero) is 1. The lowest BCUT2D eigenvalue weighted by atomic mass is 10.1. The molecule has 1 aromatic rings. The van der Waals surface area contributed by atoms with E-state index >= 15 is 0 Å². The quantitative estimate of drug-likeness (QED) is 0.669. The van der Waals surface area contributed by atoms with Crippen LogP contribution in [0.2, 0.25) is 0 Å². The van der Waals surface area contributed by atoms with Crippen molar-refractivity contribution < 1.29 is 18.7 Å². The molecule has 0 aromatic heterocycles. The summed E-state index contributed by atoms with van der Waals surface area (Å²) in [5.74, 6) is -0.196. The van der Waals surface area contributed by atoms with E-state index in [1.807, 2.05) is 6.92 Å². The summed E-state index contributed by atoms with van der Waals surface area (Å²) in [5, 5.41) is 0. The molecular weight excluding hydrogens is 235 g/mol. The molecule has 3 nitrogen and oxygen atoms in total. The van der Waals surface area contributed by atoms with Gasteiger partial charge in [-0.3, -0.25) is 4.79 Å². The highest BCUT2D eigenvalue weighted by molar-refractivity contribution is 5.80. The molecular formula is C14H19FO3. The van der Waals surface area contributed by atoms with Gasteiger partial charge in [0.2, 0.25) is 0 Å². The molecule has 0 unspecified atom stereocenters. The number of carbonyl (C=O) groups is 1. The average Bonchev–Trinajstić information content (AvgIpc) is 2.35. The number of ether oxygens (including phenoxy) is 2. The average molecular weight is 254 g/mol. The van der Waals surface area contributed by atoms with E-state index in [-0.39, 0.29) is 18.0 Å². The highest BCUT2D eigenvalue weighted by Gasteiger charge is 2.07. The maximum Gasteiger partial charge on any atom is 0.165 e. The molecule has 0 heterocycles.